The SMILES string of the molecule is O=C(O)C1=C/C(=C/C[NH+]2c3cc(O)c(O[C@@H]4O[C@@H](COS(=O)(=O)[O-])[C@@H](O)[C@H](O)[C@@H]4O)cc3C[C@H]2C(=O)O)C[C@H](C(=O)O)N1. The van der Waals surface area contributed by atoms with E-state index in [4.69, 9.17) is 9.47 Å². The van der Waals surface area contributed by atoms with Gasteiger partial charge in [-0.2, -0.15) is 0 Å². The number of rotatable bonds is 10. The maximum atomic E-state index is 12.1. The first kappa shape index (κ1) is 32.1. The van der Waals surface area contributed by atoms with Crippen molar-refractivity contribution in [2.24, 2.45) is 0 Å². The topological polar surface area (TPSA) is 294 Å². The highest BCUT2D eigenvalue weighted by Gasteiger charge is 2.46. The van der Waals surface area contributed by atoms with E-state index in [9.17, 15) is 63.1 Å². The van der Waals surface area contributed by atoms with Gasteiger partial charge in [0.05, 0.1) is 6.61 Å². The number of quaternary nitrogens is 1. The van der Waals surface area contributed by atoms with Crippen LogP contribution in [-0.2, 0) is 40.1 Å². The zero-order chi connectivity index (χ0) is 31.8. The van der Waals surface area contributed by atoms with Gasteiger partial charge in [0.1, 0.15) is 48.4 Å². The van der Waals surface area contributed by atoms with Gasteiger partial charge in [-0.1, -0.05) is 0 Å². The predicted molar refractivity (Wildman–Crippen MR) is 135 cm³/mol. The Hall–Kier alpha value is -3.82. The third-order valence-electron chi connectivity index (χ3n) is 7.17. The summed E-state index contributed by atoms with van der Waals surface area (Å²) in [4.78, 5) is 35.3. The molecule has 1 saturated heterocycles. The molecule has 18 nitrogen and oxygen atoms in total. The molecule has 0 aliphatic carbocycles. The van der Waals surface area contributed by atoms with Crippen LogP contribution >= 0.6 is 0 Å². The molecular formula is C24H28N2O16S. The number of benzene rings is 1. The van der Waals surface area contributed by atoms with Crippen LogP contribution in [0.4, 0.5) is 5.69 Å². The first-order valence-electron chi connectivity index (χ1n) is 12.6. The van der Waals surface area contributed by atoms with Crippen molar-refractivity contribution in [3.63, 3.8) is 0 Å². The minimum Gasteiger partial charge on any atom is -0.726 e. The number of carbonyl (C=O) groups is 3. The summed E-state index contributed by atoms with van der Waals surface area (Å²) in [5, 5.41) is 72.1. The number of phenolic OH excluding ortho intramolecular Hbond substituents is 1. The van der Waals surface area contributed by atoms with E-state index < -0.39 is 83.5 Å². The Morgan fingerprint density at radius 2 is 1.77 bits per heavy atom. The second kappa shape index (κ2) is 12.4. The number of aliphatic carboxylic acids is 3. The molecule has 4 rings (SSSR count). The van der Waals surface area contributed by atoms with Gasteiger partial charge in [-0.3, -0.25) is 9.08 Å². The van der Waals surface area contributed by atoms with Crippen molar-refractivity contribution in [3.8, 4) is 11.5 Å². The van der Waals surface area contributed by atoms with Crippen molar-refractivity contribution in [1.82, 2.24) is 5.32 Å². The van der Waals surface area contributed by atoms with E-state index in [2.05, 4.69) is 9.50 Å². The molecule has 9 N–H and O–H groups in total. The lowest BCUT2D eigenvalue weighted by Gasteiger charge is -2.40. The van der Waals surface area contributed by atoms with E-state index in [1.54, 1.807) is 0 Å². The molecule has 8 atom stereocenters. The van der Waals surface area contributed by atoms with Gasteiger partial charge in [0, 0.05) is 24.5 Å². The number of hydrogen-bond donors (Lipinski definition) is 9. The normalized spacial score (nSPS) is 31.5. The summed E-state index contributed by atoms with van der Waals surface area (Å²) in [6.07, 6.45) is -6.55. The molecule has 43 heavy (non-hydrogen) atoms. The number of aromatic hydroxyl groups is 1. The second-order valence-corrected chi connectivity index (χ2v) is 11.1. The third-order valence-corrected chi connectivity index (χ3v) is 7.60. The number of phenols is 1. The molecule has 1 aromatic rings. The van der Waals surface area contributed by atoms with Crippen molar-refractivity contribution in [2.45, 2.75) is 55.6 Å². The molecule has 0 amide bonds. The zero-order valence-corrected chi connectivity index (χ0v) is 22.7. The molecule has 0 bridgehead atoms. The number of aliphatic hydroxyl groups excluding tert-OH is 3. The van der Waals surface area contributed by atoms with Gasteiger partial charge >= 0.3 is 17.9 Å². The molecule has 0 spiro atoms. The van der Waals surface area contributed by atoms with E-state index >= 15 is 0 Å². The zero-order valence-electron chi connectivity index (χ0n) is 21.9. The van der Waals surface area contributed by atoms with Crippen LogP contribution in [0.25, 0.3) is 0 Å². The molecule has 19 heteroatoms. The summed E-state index contributed by atoms with van der Waals surface area (Å²) in [7, 11) is -5.19. The Morgan fingerprint density at radius 1 is 1.07 bits per heavy atom. The molecule has 3 aliphatic heterocycles. The number of allylic oxidation sites excluding steroid dienone is 1. The van der Waals surface area contributed by atoms with Crippen molar-refractivity contribution in [3.05, 3.63) is 41.1 Å². The highest BCUT2D eigenvalue weighted by molar-refractivity contribution is 7.80. The molecule has 0 saturated carbocycles. The molecule has 1 unspecified atom stereocenters. The number of fused-ring (bicyclic) bond motifs is 1. The Kier molecular flexibility index (Phi) is 9.27. The van der Waals surface area contributed by atoms with Crippen LogP contribution < -0.4 is 15.0 Å². The fourth-order valence-electron chi connectivity index (χ4n) is 5.04. The van der Waals surface area contributed by atoms with Gasteiger partial charge in [-0.05, 0) is 23.8 Å². The minimum absolute atomic E-state index is 0.0342. The summed E-state index contributed by atoms with van der Waals surface area (Å²) in [5.74, 6) is -4.74. The average molecular weight is 633 g/mol. The lowest BCUT2D eigenvalue weighted by molar-refractivity contribution is -0.838. The van der Waals surface area contributed by atoms with Gasteiger partial charge in [-0.25, -0.2) is 22.8 Å². The quantitative estimate of drug-likeness (QED) is 0.0875. The van der Waals surface area contributed by atoms with Crippen molar-refractivity contribution >= 4 is 34.0 Å². The molecule has 3 heterocycles. The van der Waals surface area contributed by atoms with Crippen LogP contribution in [0, 0.1) is 0 Å². The first-order valence-corrected chi connectivity index (χ1v) is 13.9. The summed E-state index contributed by atoms with van der Waals surface area (Å²) >= 11 is 0. The minimum atomic E-state index is -5.19. The fourth-order valence-corrected chi connectivity index (χ4v) is 5.34. The van der Waals surface area contributed by atoms with E-state index in [0.717, 1.165) is 0 Å². The van der Waals surface area contributed by atoms with Crippen molar-refractivity contribution in [1.29, 1.82) is 0 Å². The number of hydrogen-bond acceptors (Lipinski definition) is 14. The van der Waals surface area contributed by atoms with E-state index in [0.29, 0.717) is 21.7 Å². The maximum Gasteiger partial charge on any atom is 0.363 e. The second-order valence-electron chi connectivity index (χ2n) is 10.0. The summed E-state index contributed by atoms with van der Waals surface area (Å²) < 4.78 is 47.2. The summed E-state index contributed by atoms with van der Waals surface area (Å²) in [6.45, 7) is -1.05. The molecular weight excluding hydrogens is 604 g/mol. The molecule has 1 fully saturated rings. The van der Waals surface area contributed by atoms with Gasteiger partial charge in [0.15, 0.2) is 17.5 Å². The van der Waals surface area contributed by atoms with Crippen molar-refractivity contribution in [2.75, 3.05) is 13.2 Å². The van der Waals surface area contributed by atoms with E-state index in [-0.39, 0.29) is 30.8 Å². The maximum absolute atomic E-state index is 12.1. The molecule has 3 aliphatic rings. The number of ether oxygens (including phenoxy) is 2. The fraction of sp³-hybridized carbons (Fsp3) is 0.458. The van der Waals surface area contributed by atoms with Crippen LogP contribution in [0.3, 0.4) is 0 Å². The molecule has 1 aromatic carbocycles. The van der Waals surface area contributed by atoms with Crippen LogP contribution in [0.2, 0.25) is 0 Å². The average Bonchev–Trinajstić information content (AvgIpc) is 3.28. The first-order chi connectivity index (χ1) is 20.1. The summed E-state index contributed by atoms with van der Waals surface area (Å²) in [5.41, 5.74) is 0.703. The van der Waals surface area contributed by atoms with Crippen LogP contribution in [0.15, 0.2) is 35.6 Å². The monoisotopic (exact) mass is 632 g/mol. The lowest BCUT2D eigenvalue weighted by atomic mass is 9.99. The number of carboxylic acid groups (broad SMARTS) is 3. The van der Waals surface area contributed by atoms with Gasteiger partial charge in [0.25, 0.3) is 0 Å². The Balaban J connectivity index is 1.57. The Labute approximate surface area is 242 Å². The molecule has 0 aromatic heterocycles. The highest BCUT2D eigenvalue weighted by atomic mass is 32.3. The Morgan fingerprint density at radius 3 is 2.37 bits per heavy atom. The number of carboxylic acids is 3. The third kappa shape index (κ3) is 7.22. The highest BCUT2D eigenvalue weighted by Crippen LogP contribution is 2.36. The van der Waals surface area contributed by atoms with Gasteiger partial charge in [0.2, 0.25) is 16.7 Å². The molecule has 236 valence electrons. The van der Waals surface area contributed by atoms with E-state index in [1.807, 2.05) is 0 Å². The Bertz CT molecular complexity index is 1460. The predicted octanol–water partition coefficient (Wildman–Crippen LogP) is -4.08. The van der Waals surface area contributed by atoms with Crippen LogP contribution in [0.5, 0.6) is 11.5 Å². The van der Waals surface area contributed by atoms with Gasteiger partial charge in [-0.15, -0.1) is 0 Å². The van der Waals surface area contributed by atoms with Crippen LogP contribution in [0.1, 0.15) is 12.0 Å². The largest absolute Gasteiger partial charge is 0.726 e. The number of nitrogens with one attached hydrogen (secondary N) is 2. The molecule has 0 radical (unpaired) electrons. The van der Waals surface area contributed by atoms with Gasteiger partial charge < -0.3 is 55.1 Å². The number of aliphatic hydroxyl groups is 3. The lowest BCUT2D eigenvalue weighted by Crippen LogP contribution is -3.11. The van der Waals surface area contributed by atoms with E-state index in [1.165, 1.54) is 24.3 Å². The smallest absolute Gasteiger partial charge is 0.363 e. The summed E-state index contributed by atoms with van der Waals surface area (Å²) in [6, 6.07) is 0.156. The standard InChI is InChI=1S/C24H28N2O16S/c27-15-7-13-10(6-16(15)41-24-20(30)19(29)18(28)17(42-24)8-40-43(37,38)39)5-14(23(35)36)26(13)2-1-9-3-11(21(31)32)25-12(4-9)22(33)34/h1,3,6-7,12,14,17-20,24-25,27-30H,2,4-5,8H2,(H,31,32)(H,33,34)(H,35,36)(H,37,38,39)/b9-1-/t12-,14+,17+,18-,19+,20+,24-/m1/s1. The van der Waals surface area contributed by atoms with Crippen molar-refractivity contribution < 1.29 is 81.7 Å². The van der Waals surface area contributed by atoms with Crippen LogP contribution in [-0.4, -0.2) is 123 Å².